The van der Waals surface area contributed by atoms with Gasteiger partial charge in [-0.1, -0.05) is 6.07 Å². The topological polar surface area (TPSA) is 81.3 Å². The smallest absolute Gasteiger partial charge is 0.408 e. The number of anilines is 1. The van der Waals surface area contributed by atoms with Crippen LogP contribution in [0.5, 0.6) is 5.75 Å². The zero-order valence-corrected chi connectivity index (χ0v) is 19.7. The Hall–Kier alpha value is -2.03. The summed E-state index contributed by atoms with van der Waals surface area (Å²) >= 11 is 0. The summed E-state index contributed by atoms with van der Waals surface area (Å²) in [6, 6.07) is 6.54. The van der Waals surface area contributed by atoms with Gasteiger partial charge in [0.25, 0.3) is 0 Å². The lowest BCUT2D eigenvalue weighted by Gasteiger charge is -2.38. The van der Waals surface area contributed by atoms with Crippen molar-refractivity contribution in [2.75, 3.05) is 45.0 Å². The molecule has 178 valence electrons. The standard InChI is InChI=1S/C24H37N3O5/c1-23(2,3)32-22(28)26-21-13-27(15-24(21)9-5-6-10-31-24)19-8-7-17-11-18(25-16-29-4)14-30-20(17)12-19/h7-8,12,18,21,25H,5-6,9-11,13-16H2,1-4H3,(H,26,28)/t18-,21+,24-/m1/s1. The van der Waals surface area contributed by atoms with E-state index in [1.54, 1.807) is 7.11 Å². The van der Waals surface area contributed by atoms with E-state index in [1.165, 1.54) is 5.56 Å². The van der Waals surface area contributed by atoms with E-state index < -0.39 is 5.60 Å². The molecule has 8 nitrogen and oxygen atoms in total. The van der Waals surface area contributed by atoms with Crippen molar-refractivity contribution in [3.63, 3.8) is 0 Å². The third-order valence-corrected chi connectivity index (χ3v) is 6.41. The molecule has 2 fully saturated rings. The summed E-state index contributed by atoms with van der Waals surface area (Å²) < 4.78 is 23.0. The first-order chi connectivity index (χ1) is 15.3. The second kappa shape index (κ2) is 9.45. The van der Waals surface area contributed by atoms with Gasteiger partial charge in [-0.2, -0.15) is 0 Å². The molecule has 8 heteroatoms. The van der Waals surface area contributed by atoms with Crippen LogP contribution < -0.4 is 20.3 Å². The zero-order chi connectivity index (χ0) is 22.8. The van der Waals surface area contributed by atoms with Gasteiger partial charge < -0.3 is 29.2 Å². The Balaban J connectivity index is 1.48. The van der Waals surface area contributed by atoms with Crippen molar-refractivity contribution < 1.29 is 23.7 Å². The number of methoxy groups -OCH3 is 1. The van der Waals surface area contributed by atoms with Crippen LogP contribution in [0.25, 0.3) is 0 Å². The molecule has 0 aromatic heterocycles. The van der Waals surface area contributed by atoms with Gasteiger partial charge in [0.2, 0.25) is 0 Å². The number of carbonyl (C=O) groups excluding carboxylic acids is 1. The van der Waals surface area contributed by atoms with Gasteiger partial charge in [-0.05, 0) is 58.1 Å². The minimum absolute atomic E-state index is 0.128. The molecule has 3 aliphatic rings. The molecule has 3 aliphatic heterocycles. The third-order valence-electron chi connectivity index (χ3n) is 6.41. The quantitative estimate of drug-likeness (QED) is 0.672. The Morgan fingerprint density at radius 3 is 2.88 bits per heavy atom. The number of rotatable bonds is 5. The molecular formula is C24H37N3O5. The van der Waals surface area contributed by atoms with E-state index in [0.717, 1.165) is 50.3 Å². The van der Waals surface area contributed by atoms with Gasteiger partial charge >= 0.3 is 6.09 Å². The number of carbonyl (C=O) groups is 1. The number of fused-ring (bicyclic) bond motifs is 1. The molecule has 0 bridgehead atoms. The molecule has 0 unspecified atom stereocenters. The fraction of sp³-hybridized carbons (Fsp3) is 0.708. The van der Waals surface area contributed by atoms with E-state index >= 15 is 0 Å². The van der Waals surface area contributed by atoms with Gasteiger partial charge in [0.05, 0.1) is 12.8 Å². The summed E-state index contributed by atoms with van der Waals surface area (Å²) in [5.74, 6) is 0.931. The van der Waals surface area contributed by atoms with Crippen LogP contribution in [0.4, 0.5) is 10.5 Å². The fourth-order valence-corrected chi connectivity index (χ4v) is 4.87. The second-order valence-electron chi connectivity index (χ2n) is 10.1. The van der Waals surface area contributed by atoms with E-state index in [1.807, 2.05) is 20.8 Å². The van der Waals surface area contributed by atoms with Crippen LogP contribution in [0.3, 0.4) is 0 Å². The second-order valence-corrected chi connectivity index (χ2v) is 10.1. The molecule has 0 radical (unpaired) electrons. The number of benzene rings is 1. The highest BCUT2D eigenvalue weighted by Crippen LogP contribution is 2.38. The average molecular weight is 448 g/mol. The number of nitrogens with zero attached hydrogens (tertiary/aromatic N) is 1. The first kappa shape index (κ1) is 23.1. The molecule has 3 atom stereocenters. The molecule has 2 N–H and O–H groups in total. The Morgan fingerprint density at radius 1 is 1.31 bits per heavy atom. The Kier molecular flexibility index (Phi) is 6.83. The number of hydrogen-bond donors (Lipinski definition) is 2. The molecule has 1 spiro atoms. The zero-order valence-electron chi connectivity index (χ0n) is 19.7. The number of hydrogen-bond acceptors (Lipinski definition) is 7. The van der Waals surface area contributed by atoms with Crippen molar-refractivity contribution >= 4 is 11.8 Å². The molecule has 0 aliphatic carbocycles. The molecule has 2 saturated heterocycles. The highest BCUT2D eigenvalue weighted by atomic mass is 16.6. The highest BCUT2D eigenvalue weighted by molar-refractivity contribution is 5.69. The van der Waals surface area contributed by atoms with Crippen LogP contribution in [-0.4, -0.2) is 69.5 Å². The van der Waals surface area contributed by atoms with Crippen molar-refractivity contribution in [2.24, 2.45) is 0 Å². The van der Waals surface area contributed by atoms with Crippen molar-refractivity contribution in [2.45, 2.75) is 69.7 Å². The predicted molar refractivity (Wildman–Crippen MR) is 122 cm³/mol. The van der Waals surface area contributed by atoms with E-state index in [0.29, 0.717) is 19.9 Å². The molecule has 3 heterocycles. The minimum Gasteiger partial charge on any atom is -0.492 e. The van der Waals surface area contributed by atoms with E-state index in [4.69, 9.17) is 18.9 Å². The number of nitrogens with one attached hydrogen (secondary N) is 2. The van der Waals surface area contributed by atoms with Gasteiger partial charge in [0.1, 0.15) is 23.6 Å². The molecule has 32 heavy (non-hydrogen) atoms. The van der Waals surface area contributed by atoms with Crippen molar-refractivity contribution in [1.82, 2.24) is 10.6 Å². The summed E-state index contributed by atoms with van der Waals surface area (Å²) in [7, 11) is 1.68. The van der Waals surface area contributed by atoms with Crippen molar-refractivity contribution in [1.29, 1.82) is 0 Å². The maximum absolute atomic E-state index is 12.5. The summed E-state index contributed by atoms with van der Waals surface area (Å²) in [5, 5.41) is 6.44. The van der Waals surface area contributed by atoms with Crippen LogP contribution >= 0.6 is 0 Å². The number of alkyl carbamates (subject to hydrolysis) is 1. The summed E-state index contributed by atoms with van der Waals surface area (Å²) in [5.41, 5.74) is 1.37. The van der Waals surface area contributed by atoms with Gasteiger partial charge in [0.15, 0.2) is 0 Å². The molecular weight excluding hydrogens is 410 g/mol. The summed E-state index contributed by atoms with van der Waals surface area (Å²) in [6.45, 7) is 8.91. The first-order valence-electron chi connectivity index (χ1n) is 11.6. The average Bonchev–Trinajstić information content (AvgIpc) is 3.08. The number of ether oxygens (including phenoxy) is 4. The van der Waals surface area contributed by atoms with Crippen LogP contribution in [0.1, 0.15) is 45.6 Å². The van der Waals surface area contributed by atoms with Gasteiger partial charge in [0, 0.05) is 44.6 Å². The first-order valence-corrected chi connectivity index (χ1v) is 11.6. The Labute approximate surface area is 190 Å². The molecule has 0 saturated carbocycles. The summed E-state index contributed by atoms with van der Waals surface area (Å²) in [6.07, 6.45) is 3.61. The number of amides is 1. The molecule has 4 rings (SSSR count). The van der Waals surface area contributed by atoms with E-state index in [9.17, 15) is 4.79 Å². The van der Waals surface area contributed by atoms with Crippen molar-refractivity contribution in [3.8, 4) is 5.75 Å². The van der Waals surface area contributed by atoms with Crippen molar-refractivity contribution in [3.05, 3.63) is 23.8 Å². The van der Waals surface area contributed by atoms with Gasteiger partial charge in [-0.3, -0.25) is 5.32 Å². The molecule has 1 aromatic rings. The lowest BCUT2D eigenvalue weighted by Crippen LogP contribution is -2.55. The SMILES string of the molecule is COCN[C@H]1COc2cc(N3C[C@H](NC(=O)OC(C)(C)C)[C@@]4(CCCCO4)C3)ccc2C1. The van der Waals surface area contributed by atoms with Crippen LogP contribution in [0.2, 0.25) is 0 Å². The highest BCUT2D eigenvalue weighted by Gasteiger charge is 2.49. The van der Waals surface area contributed by atoms with Crippen LogP contribution in [0, 0.1) is 0 Å². The maximum atomic E-state index is 12.5. The van der Waals surface area contributed by atoms with Gasteiger partial charge in [-0.15, -0.1) is 0 Å². The van der Waals surface area contributed by atoms with E-state index in [2.05, 4.69) is 33.7 Å². The Bertz CT molecular complexity index is 803. The largest absolute Gasteiger partial charge is 0.492 e. The lowest BCUT2D eigenvalue weighted by molar-refractivity contribution is -0.0788. The van der Waals surface area contributed by atoms with E-state index in [-0.39, 0.29) is 23.8 Å². The molecule has 1 amide bonds. The molecule has 1 aromatic carbocycles. The fourth-order valence-electron chi connectivity index (χ4n) is 4.87. The summed E-state index contributed by atoms with van der Waals surface area (Å²) in [4.78, 5) is 14.8. The maximum Gasteiger partial charge on any atom is 0.408 e. The lowest BCUT2D eigenvalue weighted by atomic mass is 9.89. The predicted octanol–water partition coefficient (Wildman–Crippen LogP) is 2.84. The van der Waals surface area contributed by atoms with Crippen LogP contribution in [-0.2, 0) is 20.6 Å². The Morgan fingerprint density at radius 2 is 2.16 bits per heavy atom. The monoisotopic (exact) mass is 447 g/mol. The minimum atomic E-state index is -0.533. The van der Waals surface area contributed by atoms with Gasteiger partial charge in [-0.25, -0.2) is 4.79 Å². The normalized spacial score (nSPS) is 27.7. The van der Waals surface area contributed by atoms with Crippen LogP contribution in [0.15, 0.2) is 18.2 Å². The third kappa shape index (κ3) is 5.30.